The molecule has 2 bridgehead atoms. The average molecular weight is 201 g/mol. The topological polar surface area (TPSA) is 58.6 Å². The summed E-state index contributed by atoms with van der Waals surface area (Å²) in [5, 5.41) is 9.49. The Kier molecular flexibility index (Phi) is 1.99. The van der Waals surface area contributed by atoms with Gasteiger partial charge in [-0.2, -0.15) is 0 Å². The number of fused-ring (bicyclic) bond motifs is 3. The van der Waals surface area contributed by atoms with Gasteiger partial charge in [-0.1, -0.05) is 0 Å². The number of amidine groups is 1. The van der Waals surface area contributed by atoms with Crippen molar-refractivity contribution in [2.24, 2.45) is 10.7 Å². The van der Waals surface area contributed by atoms with Crippen LogP contribution in [0.4, 0.5) is 0 Å². The molecule has 3 nitrogen and oxygen atoms in total. The van der Waals surface area contributed by atoms with Crippen LogP contribution in [0.3, 0.4) is 0 Å². The van der Waals surface area contributed by atoms with Gasteiger partial charge in [-0.05, 0) is 31.8 Å². The molecule has 3 aliphatic rings. The molecule has 0 saturated heterocycles. The number of alkyl halides is 1. The van der Waals surface area contributed by atoms with Crippen molar-refractivity contribution >= 4 is 17.4 Å². The fourth-order valence-electron chi connectivity index (χ4n) is 1.94. The SMILES string of the molecule is NC1=NC2CCC(Cl)(C=C1O)CC2. The van der Waals surface area contributed by atoms with Crippen molar-refractivity contribution in [2.75, 3.05) is 0 Å². The van der Waals surface area contributed by atoms with Crippen LogP contribution >= 0.6 is 11.6 Å². The smallest absolute Gasteiger partial charge is 0.161 e. The Labute approximate surface area is 82.3 Å². The van der Waals surface area contributed by atoms with Gasteiger partial charge in [0.2, 0.25) is 0 Å². The van der Waals surface area contributed by atoms with Crippen LogP contribution < -0.4 is 5.73 Å². The molecular weight excluding hydrogens is 188 g/mol. The highest BCUT2D eigenvalue weighted by molar-refractivity contribution is 6.25. The summed E-state index contributed by atoms with van der Waals surface area (Å²) in [5.74, 6) is 0.272. The van der Waals surface area contributed by atoms with Gasteiger partial charge >= 0.3 is 0 Å². The van der Waals surface area contributed by atoms with E-state index in [0.717, 1.165) is 25.7 Å². The number of halogens is 1. The predicted octanol–water partition coefficient (Wildman–Crippen LogP) is 1.72. The number of nitrogens with zero attached hydrogens (tertiary/aromatic N) is 1. The largest absolute Gasteiger partial charge is 0.504 e. The van der Waals surface area contributed by atoms with Crippen LogP contribution in [0, 0.1) is 0 Å². The molecular formula is C9H13ClN2O. The van der Waals surface area contributed by atoms with Gasteiger partial charge in [-0.15, -0.1) is 11.6 Å². The normalized spacial score (nSPS) is 39.0. The average Bonchev–Trinajstić information content (AvgIpc) is 2.07. The first-order valence-corrected chi connectivity index (χ1v) is 4.91. The van der Waals surface area contributed by atoms with E-state index in [1.165, 1.54) is 0 Å². The fourth-order valence-corrected chi connectivity index (χ4v) is 2.26. The highest BCUT2D eigenvalue weighted by Crippen LogP contribution is 2.38. The van der Waals surface area contributed by atoms with Crippen molar-refractivity contribution in [3.63, 3.8) is 0 Å². The van der Waals surface area contributed by atoms with E-state index >= 15 is 0 Å². The third-order valence-corrected chi connectivity index (χ3v) is 3.25. The molecule has 0 unspecified atom stereocenters. The summed E-state index contributed by atoms with van der Waals surface area (Å²) in [4.78, 5) is 3.83. The van der Waals surface area contributed by atoms with Crippen LogP contribution in [0.1, 0.15) is 25.7 Å². The molecule has 4 heteroatoms. The maximum absolute atomic E-state index is 9.49. The summed E-state index contributed by atoms with van der Waals surface area (Å²) in [5.41, 5.74) is 5.57. The Morgan fingerprint density at radius 2 is 2.15 bits per heavy atom. The first-order valence-electron chi connectivity index (χ1n) is 4.53. The summed E-state index contributed by atoms with van der Waals surface area (Å²) >= 11 is 6.29. The minimum Gasteiger partial charge on any atom is -0.504 e. The standard InChI is InChI=1S/C9H13ClN2O/c10-9-3-1-6(2-4-9)12-8(11)7(13)5-9/h5-6,13H,1-4H2,(H2,11,12). The van der Waals surface area contributed by atoms with Gasteiger partial charge < -0.3 is 10.8 Å². The first kappa shape index (κ1) is 8.88. The predicted molar refractivity (Wildman–Crippen MR) is 53.2 cm³/mol. The molecule has 1 saturated carbocycles. The van der Waals surface area contributed by atoms with Gasteiger partial charge in [0, 0.05) is 0 Å². The zero-order valence-corrected chi connectivity index (χ0v) is 8.09. The maximum Gasteiger partial charge on any atom is 0.161 e. The number of aliphatic hydroxyl groups is 1. The summed E-state index contributed by atoms with van der Waals surface area (Å²) in [7, 11) is 0. The minimum atomic E-state index is -0.388. The highest BCUT2D eigenvalue weighted by Gasteiger charge is 2.34. The Morgan fingerprint density at radius 1 is 1.54 bits per heavy atom. The lowest BCUT2D eigenvalue weighted by Gasteiger charge is -2.33. The molecule has 0 amide bonds. The van der Waals surface area contributed by atoms with Crippen molar-refractivity contribution in [3.8, 4) is 0 Å². The Morgan fingerprint density at radius 3 is 2.77 bits per heavy atom. The number of nitrogens with two attached hydrogens (primary N) is 1. The second kappa shape index (κ2) is 2.91. The number of aliphatic imine (C=N–C) groups is 1. The molecule has 0 spiro atoms. The van der Waals surface area contributed by atoms with E-state index in [0.29, 0.717) is 0 Å². The number of rotatable bonds is 0. The molecule has 0 aromatic heterocycles. The molecule has 0 atom stereocenters. The monoisotopic (exact) mass is 200 g/mol. The van der Waals surface area contributed by atoms with Crippen molar-refractivity contribution in [2.45, 2.75) is 36.6 Å². The van der Waals surface area contributed by atoms with Crippen molar-refractivity contribution in [1.29, 1.82) is 0 Å². The van der Waals surface area contributed by atoms with E-state index < -0.39 is 0 Å². The van der Waals surface area contributed by atoms with Crippen molar-refractivity contribution in [3.05, 3.63) is 11.8 Å². The fraction of sp³-hybridized carbons (Fsp3) is 0.667. The summed E-state index contributed by atoms with van der Waals surface area (Å²) in [6.07, 6.45) is 5.32. The van der Waals surface area contributed by atoms with Crippen LogP contribution in [0.5, 0.6) is 0 Å². The summed E-state index contributed by atoms with van der Waals surface area (Å²) < 4.78 is 0. The van der Waals surface area contributed by atoms with Crippen LogP contribution in [-0.4, -0.2) is 21.9 Å². The molecule has 0 aromatic carbocycles. The van der Waals surface area contributed by atoms with Crippen molar-refractivity contribution in [1.82, 2.24) is 0 Å². The highest BCUT2D eigenvalue weighted by atomic mass is 35.5. The summed E-state index contributed by atoms with van der Waals surface area (Å²) in [6.45, 7) is 0. The quantitative estimate of drug-likeness (QED) is 0.585. The lowest BCUT2D eigenvalue weighted by molar-refractivity contribution is 0.369. The lowest BCUT2D eigenvalue weighted by Crippen LogP contribution is -2.34. The third-order valence-electron chi connectivity index (χ3n) is 2.77. The molecule has 2 aliphatic heterocycles. The molecule has 0 aromatic rings. The van der Waals surface area contributed by atoms with Gasteiger partial charge in [-0.25, -0.2) is 0 Å². The van der Waals surface area contributed by atoms with Gasteiger partial charge in [0.05, 0.1) is 10.9 Å². The van der Waals surface area contributed by atoms with E-state index in [4.69, 9.17) is 17.3 Å². The number of hydrogen-bond acceptors (Lipinski definition) is 3. The van der Waals surface area contributed by atoms with Gasteiger partial charge in [0.1, 0.15) is 0 Å². The van der Waals surface area contributed by atoms with E-state index in [9.17, 15) is 5.11 Å². The molecule has 72 valence electrons. The van der Waals surface area contributed by atoms with E-state index in [1.807, 2.05) is 0 Å². The van der Waals surface area contributed by atoms with Crippen LogP contribution in [0.2, 0.25) is 0 Å². The molecule has 1 aliphatic carbocycles. The minimum absolute atomic E-state index is 0.0411. The Bertz CT molecular complexity index is 277. The van der Waals surface area contributed by atoms with E-state index in [-0.39, 0.29) is 22.5 Å². The molecule has 2 heterocycles. The summed E-state index contributed by atoms with van der Waals surface area (Å²) in [6, 6.07) is 0.253. The number of hydrogen-bond donors (Lipinski definition) is 2. The molecule has 13 heavy (non-hydrogen) atoms. The molecule has 3 N–H and O–H groups in total. The Hall–Kier alpha value is -0.700. The van der Waals surface area contributed by atoms with Gasteiger partial charge in [0.15, 0.2) is 11.6 Å². The lowest BCUT2D eigenvalue weighted by atomic mass is 9.84. The molecule has 0 radical (unpaired) electrons. The van der Waals surface area contributed by atoms with Crippen LogP contribution in [0.25, 0.3) is 0 Å². The zero-order valence-electron chi connectivity index (χ0n) is 7.33. The van der Waals surface area contributed by atoms with Gasteiger partial charge in [-0.3, -0.25) is 4.99 Å². The third kappa shape index (κ3) is 1.66. The first-order chi connectivity index (χ1) is 6.09. The van der Waals surface area contributed by atoms with Crippen molar-refractivity contribution < 1.29 is 5.11 Å². The second-order valence-corrected chi connectivity index (χ2v) is 4.56. The van der Waals surface area contributed by atoms with E-state index in [2.05, 4.69) is 4.99 Å². The second-order valence-electron chi connectivity index (χ2n) is 3.81. The number of aliphatic hydroxyl groups excluding tert-OH is 1. The molecule has 1 fully saturated rings. The molecule has 3 rings (SSSR count). The Balaban J connectivity index is 2.38. The number of allylic oxidation sites excluding steroid dienone is 1. The maximum atomic E-state index is 9.49. The van der Waals surface area contributed by atoms with Gasteiger partial charge in [0.25, 0.3) is 0 Å². The van der Waals surface area contributed by atoms with Crippen LogP contribution in [0.15, 0.2) is 16.8 Å². The van der Waals surface area contributed by atoms with E-state index in [1.54, 1.807) is 6.08 Å². The van der Waals surface area contributed by atoms with Crippen LogP contribution in [-0.2, 0) is 0 Å². The zero-order chi connectivity index (χ0) is 9.47.